The predicted octanol–water partition coefficient (Wildman–Crippen LogP) is 2.48. The van der Waals surface area contributed by atoms with Crippen LogP contribution in [0.2, 0.25) is 5.02 Å². The van der Waals surface area contributed by atoms with Crippen LogP contribution in [0, 0.1) is 0 Å². The van der Waals surface area contributed by atoms with Crippen LogP contribution >= 0.6 is 11.6 Å². The van der Waals surface area contributed by atoms with Gasteiger partial charge in [0.1, 0.15) is 0 Å². The number of aromatic nitrogens is 1. The van der Waals surface area contributed by atoms with Crippen LogP contribution in [0.15, 0.2) is 47.5 Å². The summed E-state index contributed by atoms with van der Waals surface area (Å²) in [5.74, 6) is -0.464. The van der Waals surface area contributed by atoms with Gasteiger partial charge in [0.05, 0.1) is 27.2 Å². The number of hydrogen-bond donors (Lipinski definition) is 1. The summed E-state index contributed by atoms with van der Waals surface area (Å²) in [5.41, 5.74) is 0.793. The van der Waals surface area contributed by atoms with E-state index in [1.165, 1.54) is 32.3 Å². The molecular weight excluding hydrogens is 350 g/mol. The molecule has 6 nitrogen and oxygen atoms in total. The Labute approximate surface area is 146 Å². The van der Waals surface area contributed by atoms with E-state index in [4.69, 9.17) is 11.6 Å². The van der Waals surface area contributed by atoms with Gasteiger partial charge in [0.2, 0.25) is 10.0 Å². The average Bonchev–Trinajstić information content (AvgIpc) is 2.55. The molecule has 0 bridgehead atoms. The van der Waals surface area contributed by atoms with E-state index in [9.17, 15) is 13.2 Å². The van der Waals surface area contributed by atoms with Gasteiger partial charge in [-0.1, -0.05) is 17.7 Å². The van der Waals surface area contributed by atoms with Crippen molar-refractivity contribution in [2.24, 2.45) is 0 Å². The third kappa shape index (κ3) is 3.92. The molecule has 0 fully saturated rings. The molecule has 0 aliphatic rings. The number of sulfonamides is 1. The first-order valence-corrected chi connectivity index (χ1v) is 8.99. The summed E-state index contributed by atoms with van der Waals surface area (Å²) in [6, 6.07) is 9.10. The molecule has 0 unspecified atom stereocenters. The van der Waals surface area contributed by atoms with E-state index in [-0.39, 0.29) is 21.5 Å². The summed E-state index contributed by atoms with van der Waals surface area (Å²) < 4.78 is 25.5. The van der Waals surface area contributed by atoms with Gasteiger partial charge in [-0.15, -0.1) is 0 Å². The van der Waals surface area contributed by atoms with Crippen LogP contribution in [0.1, 0.15) is 29.0 Å². The predicted molar refractivity (Wildman–Crippen MR) is 92.4 cm³/mol. The minimum Gasteiger partial charge on any atom is -0.344 e. The van der Waals surface area contributed by atoms with Gasteiger partial charge in [-0.25, -0.2) is 12.7 Å². The lowest BCUT2D eigenvalue weighted by atomic mass is 10.1. The molecule has 2 rings (SSSR count). The molecule has 0 saturated heterocycles. The summed E-state index contributed by atoms with van der Waals surface area (Å²) >= 11 is 6.07. The molecule has 1 amide bonds. The summed E-state index contributed by atoms with van der Waals surface area (Å²) in [4.78, 5) is 16.7. The normalized spacial score (nSPS) is 12.9. The Morgan fingerprint density at radius 3 is 2.54 bits per heavy atom. The van der Waals surface area contributed by atoms with Gasteiger partial charge in [0.25, 0.3) is 5.91 Å². The van der Waals surface area contributed by atoms with Crippen LogP contribution in [-0.2, 0) is 10.0 Å². The number of nitrogens with one attached hydrogen (secondary N) is 1. The molecule has 0 spiro atoms. The van der Waals surface area contributed by atoms with Gasteiger partial charge >= 0.3 is 0 Å². The zero-order valence-corrected chi connectivity index (χ0v) is 15.1. The number of rotatable bonds is 5. The zero-order chi connectivity index (χ0) is 17.9. The first kappa shape index (κ1) is 18.4. The molecule has 2 aromatic rings. The third-order valence-corrected chi connectivity index (χ3v) is 5.58. The van der Waals surface area contributed by atoms with E-state index in [0.717, 1.165) is 4.31 Å². The number of halogens is 1. The quantitative estimate of drug-likeness (QED) is 0.880. The Kier molecular flexibility index (Phi) is 5.58. The number of pyridine rings is 1. The van der Waals surface area contributed by atoms with Crippen molar-refractivity contribution in [3.8, 4) is 0 Å². The molecule has 1 aromatic carbocycles. The van der Waals surface area contributed by atoms with Gasteiger partial charge < -0.3 is 5.32 Å². The van der Waals surface area contributed by atoms with Gasteiger partial charge in [-0.2, -0.15) is 0 Å². The SMILES string of the molecule is C[C@@H](NC(=O)c1cc(S(=O)(=O)N(C)C)ccc1Cl)c1ccccn1. The largest absolute Gasteiger partial charge is 0.344 e. The molecule has 1 atom stereocenters. The smallest absolute Gasteiger partial charge is 0.253 e. The Morgan fingerprint density at radius 1 is 1.25 bits per heavy atom. The van der Waals surface area contributed by atoms with Crippen molar-refractivity contribution in [1.82, 2.24) is 14.6 Å². The fourth-order valence-corrected chi connectivity index (χ4v) is 3.16. The van der Waals surface area contributed by atoms with Crippen molar-refractivity contribution < 1.29 is 13.2 Å². The minimum absolute atomic E-state index is 0.00698. The standard InChI is InChI=1S/C16H18ClN3O3S/c1-11(15-6-4-5-9-18-15)19-16(21)13-10-12(7-8-14(13)17)24(22,23)20(2)3/h4-11H,1-3H3,(H,19,21)/t11-/m1/s1. The summed E-state index contributed by atoms with van der Waals surface area (Å²) in [6.45, 7) is 1.79. The lowest BCUT2D eigenvalue weighted by Gasteiger charge is -2.16. The monoisotopic (exact) mass is 367 g/mol. The average molecular weight is 368 g/mol. The molecule has 1 N–H and O–H groups in total. The summed E-state index contributed by atoms with van der Waals surface area (Å²) in [5, 5.41) is 2.95. The number of amides is 1. The molecule has 1 heterocycles. The van der Waals surface area contributed by atoms with Crippen molar-refractivity contribution in [2.75, 3.05) is 14.1 Å². The molecule has 8 heteroatoms. The van der Waals surface area contributed by atoms with Gasteiger partial charge in [0.15, 0.2) is 0 Å². The molecular formula is C16H18ClN3O3S. The Balaban J connectivity index is 2.30. The second-order valence-electron chi connectivity index (χ2n) is 5.38. The van der Waals surface area contributed by atoms with Crippen LogP contribution in [0.3, 0.4) is 0 Å². The zero-order valence-electron chi connectivity index (χ0n) is 13.5. The van der Waals surface area contributed by atoms with Gasteiger partial charge in [-0.3, -0.25) is 9.78 Å². The Hall–Kier alpha value is -1.96. The molecule has 0 aliphatic carbocycles. The van der Waals surface area contributed by atoms with Crippen LogP contribution in [-0.4, -0.2) is 37.7 Å². The summed E-state index contributed by atoms with van der Waals surface area (Å²) in [6.07, 6.45) is 1.63. The fraction of sp³-hybridized carbons (Fsp3) is 0.250. The lowest BCUT2D eigenvalue weighted by Crippen LogP contribution is -2.28. The van der Waals surface area contributed by atoms with Crippen molar-refractivity contribution in [3.63, 3.8) is 0 Å². The van der Waals surface area contributed by atoms with Crippen LogP contribution in [0.25, 0.3) is 0 Å². The number of nitrogens with zero attached hydrogens (tertiary/aromatic N) is 2. The second kappa shape index (κ2) is 7.29. The topological polar surface area (TPSA) is 79.4 Å². The molecule has 24 heavy (non-hydrogen) atoms. The van der Waals surface area contributed by atoms with E-state index in [0.29, 0.717) is 5.69 Å². The second-order valence-corrected chi connectivity index (χ2v) is 7.94. The number of hydrogen-bond acceptors (Lipinski definition) is 4. The van der Waals surface area contributed by atoms with Crippen molar-refractivity contribution in [3.05, 3.63) is 58.9 Å². The Bertz CT molecular complexity index is 839. The first-order valence-electron chi connectivity index (χ1n) is 7.17. The Morgan fingerprint density at radius 2 is 1.96 bits per heavy atom. The third-order valence-electron chi connectivity index (χ3n) is 3.44. The van der Waals surface area contributed by atoms with Gasteiger partial charge in [0, 0.05) is 20.3 Å². The maximum atomic E-state index is 12.5. The van der Waals surface area contributed by atoms with Gasteiger partial charge in [-0.05, 0) is 37.3 Å². The molecule has 0 radical (unpaired) electrons. The van der Waals surface area contributed by atoms with Crippen molar-refractivity contribution in [1.29, 1.82) is 0 Å². The highest BCUT2D eigenvalue weighted by atomic mass is 35.5. The molecule has 0 aliphatic heterocycles. The minimum atomic E-state index is -3.65. The van der Waals surface area contributed by atoms with E-state index < -0.39 is 15.9 Å². The number of benzene rings is 1. The van der Waals surface area contributed by atoms with E-state index in [2.05, 4.69) is 10.3 Å². The van der Waals surface area contributed by atoms with Crippen molar-refractivity contribution in [2.45, 2.75) is 17.9 Å². The molecule has 1 aromatic heterocycles. The van der Waals surface area contributed by atoms with E-state index in [1.54, 1.807) is 25.3 Å². The highest BCUT2D eigenvalue weighted by Crippen LogP contribution is 2.23. The number of carbonyl (C=O) groups excluding carboxylic acids is 1. The maximum absolute atomic E-state index is 12.5. The fourth-order valence-electron chi connectivity index (χ4n) is 2.03. The van der Waals surface area contributed by atoms with Crippen LogP contribution in [0.4, 0.5) is 0 Å². The molecule has 128 valence electrons. The lowest BCUT2D eigenvalue weighted by molar-refractivity contribution is 0.0939. The highest BCUT2D eigenvalue weighted by Gasteiger charge is 2.21. The first-order chi connectivity index (χ1) is 11.2. The van der Waals surface area contributed by atoms with Crippen LogP contribution < -0.4 is 5.32 Å². The number of carbonyl (C=O) groups is 1. The highest BCUT2D eigenvalue weighted by molar-refractivity contribution is 7.89. The molecule has 0 saturated carbocycles. The van der Waals surface area contributed by atoms with E-state index >= 15 is 0 Å². The summed E-state index contributed by atoms with van der Waals surface area (Å²) in [7, 11) is -0.801. The van der Waals surface area contributed by atoms with E-state index in [1.807, 2.05) is 6.07 Å². The maximum Gasteiger partial charge on any atom is 0.253 e. The van der Waals surface area contributed by atoms with Crippen LogP contribution in [0.5, 0.6) is 0 Å². The van der Waals surface area contributed by atoms with Crippen molar-refractivity contribution >= 4 is 27.5 Å².